The molecule has 0 radical (unpaired) electrons. The Kier molecular flexibility index (Phi) is 5.59. The summed E-state index contributed by atoms with van der Waals surface area (Å²) >= 11 is 0. The predicted molar refractivity (Wildman–Crippen MR) is 85.5 cm³/mol. The van der Waals surface area contributed by atoms with Crippen molar-refractivity contribution >= 4 is 17.7 Å². The van der Waals surface area contributed by atoms with Crippen LogP contribution in [0.2, 0.25) is 0 Å². The van der Waals surface area contributed by atoms with Gasteiger partial charge in [-0.1, -0.05) is 0 Å². The SMILES string of the molecule is CC(C)(C)OC(=O)N1CCC(C(=O)Nc2ccc(F)c(F)c2F)CC1. The number of benzene rings is 1. The van der Waals surface area contributed by atoms with Gasteiger partial charge in [-0.05, 0) is 45.7 Å². The van der Waals surface area contributed by atoms with E-state index in [0.717, 1.165) is 12.1 Å². The van der Waals surface area contributed by atoms with Crippen molar-refractivity contribution in [3.05, 3.63) is 29.6 Å². The van der Waals surface area contributed by atoms with Crippen molar-refractivity contribution in [1.82, 2.24) is 4.90 Å². The summed E-state index contributed by atoms with van der Waals surface area (Å²) in [7, 11) is 0. The summed E-state index contributed by atoms with van der Waals surface area (Å²) in [5, 5.41) is 2.27. The zero-order valence-electron chi connectivity index (χ0n) is 14.4. The third-order valence-corrected chi connectivity index (χ3v) is 3.81. The van der Waals surface area contributed by atoms with Gasteiger partial charge in [0.25, 0.3) is 0 Å². The van der Waals surface area contributed by atoms with Gasteiger partial charge in [-0.3, -0.25) is 4.79 Å². The summed E-state index contributed by atoms with van der Waals surface area (Å²) in [5.41, 5.74) is -1.01. The molecule has 2 rings (SSSR count). The maximum absolute atomic E-state index is 13.6. The first-order valence-corrected chi connectivity index (χ1v) is 8.01. The fraction of sp³-hybridized carbons (Fsp3) is 0.529. The van der Waals surface area contributed by atoms with E-state index in [4.69, 9.17) is 4.74 Å². The van der Waals surface area contributed by atoms with Gasteiger partial charge in [0.1, 0.15) is 5.60 Å². The molecule has 1 aromatic carbocycles. The minimum atomic E-state index is -1.63. The first kappa shape index (κ1) is 19.1. The van der Waals surface area contributed by atoms with E-state index >= 15 is 0 Å². The lowest BCUT2D eigenvalue weighted by Crippen LogP contribution is -2.43. The summed E-state index contributed by atoms with van der Waals surface area (Å²) in [6.45, 7) is 5.95. The van der Waals surface area contributed by atoms with Crippen LogP contribution in [0.25, 0.3) is 0 Å². The third kappa shape index (κ3) is 4.87. The maximum Gasteiger partial charge on any atom is 0.410 e. The molecule has 1 N–H and O–H groups in total. The van der Waals surface area contributed by atoms with Gasteiger partial charge in [-0.2, -0.15) is 0 Å². The van der Waals surface area contributed by atoms with E-state index in [1.54, 1.807) is 20.8 Å². The van der Waals surface area contributed by atoms with Crippen molar-refractivity contribution in [1.29, 1.82) is 0 Å². The standard InChI is InChI=1S/C17H21F3N2O3/c1-17(2,3)25-16(24)22-8-6-10(7-9-22)15(23)21-12-5-4-11(18)13(19)14(12)20/h4-5,10H,6-9H2,1-3H3,(H,21,23). The smallest absolute Gasteiger partial charge is 0.410 e. The second kappa shape index (κ2) is 7.33. The number of nitrogens with one attached hydrogen (secondary N) is 1. The highest BCUT2D eigenvalue weighted by Crippen LogP contribution is 2.24. The lowest BCUT2D eigenvalue weighted by molar-refractivity contribution is -0.121. The number of hydrogen-bond donors (Lipinski definition) is 1. The van der Waals surface area contributed by atoms with Crippen LogP contribution < -0.4 is 5.32 Å². The van der Waals surface area contributed by atoms with E-state index in [0.29, 0.717) is 25.9 Å². The van der Waals surface area contributed by atoms with Crippen molar-refractivity contribution in [3.8, 4) is 0 Å². The number of anilines is 1. The van der Waals surface area contributed by atoms with Crippen LogP contribution in [0.1, 0.15) is 33.6 Å². The Balaban J connectivity index is 1.92. The first-order valence-electron chi connectivity index (χ1n) is 8.01. The van der Waals surface area contributed by atoms with Crippen LogP contribution in [0.3, 0.4) is 0 Å². The quantitative estimate of drug-likeness (QED) is 0.821. The summed E-state index contributed by atoms with van der Waals surface area (Å²) < 4.78 is 45.0. The predicted octanol–water partition coefficient (Wildman–Crippen LogP) is 3.69. The minimum Gasteiger partial charge on any atom is -0.444 e. The van der Waals surface area contributed by atoms with E-state index in [1.807, 2.05) is 0 Å². The summed E-state index contributed by atoms with van der Waals surface area (Å²) in [6, 6.07) is 1.72. The molecule has 25 heavy (non-hydrogen) atoms. The number of ether oxygens (including phenoxy) is 1. The number of halogens is 3. The molecule has 1 aliphatic heterocycles. The van der Waals surface area contributed by atoms with Gasteiger partial charge in [0.2, 0.25) is 5.91 Å². The molecule has 1 aromatic rings. The highest BCUT2D eigenvalue weighted by Gasteiger charge is 2.30. The second-order valence-corrected chi connectivity index (χ2v) is 6.95. The average Bonchev–Trinajstić information content (AvgIpc) is 2.54. The number of carbonyl (C=O) groups excluding carboxylic acids is 2. The monoisotopic (exact) mass is 358 g/mol. The molecule has 0 spiro atoms. The Labute approximate surface area is 144 Å². The van der Waals surface area contributed by atoms with Gasteiger partial charge in [-0.25, -0.2) is 18.0 Å². The fourth-order valence-corrected chi connectivity index (χ4v) is 2.51. The van der Waals surface area contributed by atoms with Crippen molar-refractivity contribution < 1.29 is 27.5 Å². The second-order valence-electron chi connectivity index (χ2n) is 6.95. The van der Waals surface area contributed by atoms with Crippen molar-refractivity contribution in [3.63, 3.8) is 0 Å². The van der Waals surface area contributed by atoms with Crippen LogP contribution in [0, 0.1) is 23.4 Å². The van der Waals surface area contributed by atoms with Gasteiger partial charge in [0.05, 0.1) is 5.69 Å². The molecule has 0 unspecified atom stereocenters. The topological polar surface area (TPSA) is 58.6 Å². The number of likely N-dealkylation sites (tertiary alicyclic amines) is 1. The molecule has 1 aliphatic rings. The van der Waals surface area contributed by atoms with Gasteiger partial charge < -0.3 is 15.0 Å². The van der Waals surface area contributed by atoms with Crippen LogP contribution in [0.15, 0.2) is 12.1 Å². The zero-order valence-corrected chi connectivity index (χ0v) is 14.4. The first-order chi connectivity index (χ1) is 11.6. The summed E-state index contributed by atoms with van der Waals surface area (Å²) in [6.07, 6.45) is 0.297. The number of rotatable bonds is 2. The largest absolute Gasteiger partial charge is 0.444 e. The molecule has 8 heteroatoms. The molecule has 0 bridgehead atoms. The molecule has 1 heterocycles. The van der Waals surface area contributed by atoms with E-state index < -0.39 is 46.7 Å². The summed E-state index contributed by atoms with van der Waals surface area (Å²) in [4.78, 5) is 25.7. The number of nitrogens with zero attached hydrogens (tertiary/aromatic N) is 1. The molecular formula is C17H21F3N2O3. The average molecular weight is 358 g/mol. The Morgan fingerprint density at radius 3 is 2.28 bits per heavy atom. The van der Waals surface area contributed by atoms with Crippen molar-refractivity contribution in [2.75, 3.05) is 18.4 Å². The number of hydrogen-bond acceptors (Lipinski definition) is 3. The Morgan fingerprint density at radius 1 is 1.12 bits per heavy atom. The number of piperidine rings is 1. The third-order valence-electron chi connectivity index (χ3n) is 3.81. The molecule has 0 aliphatic carbocycles. The molecule has 5 nitrogen and oxygen atoms in total. The maximum atomic E-state index is 13.6. The van der Waals surface area contributed by atoms with Crippen LogP contribution in [0.5, 0.6) is 0 Å². The lowest BCUT2D eigenvalue weighted by Gasteiger charge is -2.32. The minimum absolute atomic E-state index is 0.327. The van der Waals surface area contributed by atoms with E-state index in [9.17, 15) is 22.8 Å². The Hall–Kier alpha value is -2.25. The van der Waals surface area contributed by atoms with E-state index in [-0.39, 0.29) is 0 Å². The normalized spacial score (nSPS) is 15.8. The van der Waals surface area contributed by atoms with Gasteiger partial charge in [-0.15, -0.1) is 0 Å². The van der Waals surface area contributed by atoms with Crippen molar-refractivity contribution in [2.24, 2.45) is 5.92 Å². The van der Waals surface area contributed by atoms with Crippen LogP contribution >= 0.6 is 0 Å². The fourth-order valence-electron chi connectivity index (χ4n) is 2.51. The van der Waals surface area contributed by atoms with Crippen LogP contribution in [0.4, 0.5) is 23.7 Å². The van der Waals surface area contributed by atoms with E-state index in [1.165, 1.54) is 4.90 Å². The van der Waals surface area contributed by atoms with E-state index in [2.05, 4.69) is 5.32 Å². The molecule has 0 aromatic heterocycles. The number of carbonyl (C=O) groups is 2. The Bertz CT molecular complexity index is 666. The summed E-state index contributed by atoms with van der Waals surface area (Å²) in [5.74, 6) is -5.32. The van der Waals surface area contributed by atoms with Gasteiger partial charge in [0, 0.05) is 19.0 Å². The van der Waals surface area contributed by atoms with Crippen molar-refractivity contribution in [2.45, 2.75) is 39.2 Å². The van der Waals surface area contributed by atoms with Gasteiger partial charge in [0.15, 0.2) is 17.5 Å². The highest BCUT2D eigenvalue weighted by atomic mass is 19.2. The highest BCUT2D eigenvalue weighted by molar-refractivity contribution is 5.92. The van der Waals surface area contributed by atoms with Gasteiger partial charge >= 0.3 is 6.09 Å². The molecule has 2 amide bonds. The molecule has 1 fully saturated rings. The molecular weight excluding hydrogens is 337 g/mol. The molecule has 138 valence electrons. The zero-order chi connectivity index (χ0) is 18.8. The Morgan fingerprint density at radius 2 is 1.72 bits per heavy atom. The molecule has 1 saturated heterocycles. The van der Waals surface area contributed by atoms with Crippen LogP contribution in [-0.2, 0) is 9.53 Å². The molecule has 0 atom stereocenters. The molecule has 0 saturated carbocycles. The van der Waals surface area contributed by atoms with Crippen LogP contribution in [-0.4, -0.2) is 35.6 Å². The number of amides is 2. The lowest BCUT2D eigenvalue weighted by atomic mass is 9.96.